The molecule has 0 aliphatic heterocycles. The third-order valence-electron chi connectivity index (χ3n) is 1.74. The first kappa shape index (κ1) is 10.5. The first-order chi connectivity index (χ1) is 6.33. The molecule has 69 valence electrons. The molecule has 0 saturated heterocycles. The number of nitrogens with zero attached hydrogens (tertiary/aromatic N) is 1. The fraction of sp³-hybridized carbons (Fsp3) is 0.364. The second-order valence-corrected chi connectivity index (χ2v) is 3.93. The summed E-state index contributed by atoms with van der Waals surface area (Å²) in [7, 11) is 0. The molecule has 0 aliphatic rings. The Morgan fingerprint density at radius 3 is 2.62 bits per heavy atom. The molecule has 0 amide bonds. The fourth-order valence-corrected chi connectivity index (χ4v) is 1.62. The van der Waals surface area contributed by atoms with Gasteiger partial charge in [0.15, 0.2) is 0 Å². The number of rotatable bonds is 4. The molecular weight excluding hydrogens is 225 g/mol. The van der Waals surface area contributed by atoms with Crippen molar-refractivity contribution in [2.45, 2.75) is 26.3 Å². The summed E-state index contributed by atoms with van der Waals surface area (Å²) in [5.41, 5.74) is 1.27. The normalized spacial score (nSPS) is 11.6. The van der Waals surface area contributed by atoms with Crippen LogP contribution in [0.3, 0.4) is 0 Å². The molecule has 0 N–H and O–H groups in total. The van der Waals surface area contributed by atoms with Crippen molar-refractivity contribution in [1.29, 1.82) is 0 Å². The van der Waals surface area contributed by atoms with Crippen molar-refractivity contribution >= 4 is 20.6 Å². The van der Waals surface area contributed by atoms with Crippen LogP contribution in [0.1, 0.15) is 25.3 Å². The number of benzene rings is 1. The average Bonchev–Trinajstić information content (AvgIpc) is 2.17. The second kappa shape index (κ2) is 5.95. The summed E-state index contributed by atoms with van der Waals surface area (Å²) in [6, 6.07) is 10.3. The van der Waals surface area contributed by atoms with Gasteiger partial charge >= 0.3 is 87.8 Å². The Bertz CT molecular complexity index is 267. The zero-order valence-electron chi connectivity index (χ0n) is 7.86. The minimum atomic E-state index is 0.795. The Hall–Kier alpha value is -0.591. The summed E-state index contributed by atoms with van der Waals surface area (Å²) in [5.74, 6) is 0. The van der Waals surface area contributed by atoms with Gasteiger partial charge in [0, 0.05) is 0 Å². The predicted octanol–water partition coefficient (Wildman–Crippen LogP) is 2.55. The van der Waals surface area contributed by atoms with Crippen molar-refractivity contribution in [3.63, 3.8) is 0 Å². The van der Waals surface area contributed by atoms with Gasteiger partial charge in [-0.3, -0.25) is 0 Å². The van der Waals surface area contributed by atoms with Crippen LogP contribution >= 0.6 is 0 Å². The van der Waals surface area contributed by atoms with Gasteiger partial charge in [-0.05, 0) is 0 Å². The van der Waals surface area contributed by atoms with Crippen LogP contribution < -0.4 is 0 Å². The van der Waals surface area contributed by atoms with Gasteiger partial charge in [0.05, 0.1) is 0 Å². The van der Waals surface area contributed by atoms with Crippen LogP contribution in [0.2, 0.25) is 0 Å². The Balaban J connectivity index is 2.47. The van der Waals surface area contributed by atoms with Crippen LogP contribution in [-0.2, 0) is 6.54 Å². The van der Waals surface area contributed by atoms with Gasteiger partial charge in [-0.2, -0.15) is 0 Å². The van der Waals surface area contributed by atoms with E-state index in [1.807, 2.05) is 18.2 Å². The van der Waals surface area contributed by atoms with Gasteiger partial charge in [0.25, 0.3) is 0 Å². The molecule has 0 fully saturated rings. The maximum absolute atomic E-state index is 4.45. The van der Waals surface area contributed by atoms with E-state index in [1.165, 1.54) is 5.56 Å². The molecule has 0 spiro atoms. The molecule has 2 heteroatoms. The summed E-state index contributed by atoms with van der Waals surface area (Å²) in [6.07, 6.45) is 2.22. The van der Waals surface area contributed by atoms with E-state index < -0.39 is 0 Å². The van der Waals surface area contributed by atoms with Gasteiger partial charge in [0.1, 0.15) is 0 Å². The quantitative estimate of drug-likeness (QED) is 0.565. The summed E-state index contributed by atoms with van der Waals surface area (Å²) in [4.78, 5) is 4.45. The van der Waals surface area contributed by atoms with Crippen LogP contribution in [0, 0.1) is 0 Å². The molecule has 1 rings (SSSR count). The molecule has 1 nitrogen and oxygen atoms in total. The van der Waals surface area contributed by atoms with Crippen molar-refractivity contribution in [1.82, 2.24) is 0 Å². The first-order valence-corrected chi connectivity index (χ1v) is 5.43. The number of hydrogen-bond acceptors (Lipinski definition) is 1. The van der Waals surface area contributed by atoms with E-state index in [1.54, 1.807) is 0 Å². The van der Waals surface area contributed by atoms with Crippen LogP contribution in [0.15, 0.2) is 35.3 Å². The molecule has 1 aromatic carbocycles. The summed E-state index contributed by atoms with van der Waals surface area (Å²) in [6.45, 7) is 2.96. The van der Waals surface area contributed by atoms with Crippen molar-refractivity contribution in [3.05, 3.63) is 35.9 Å². The van der Waals surface area contributed by atoms with Crippen molar-refractivity contribution in [2.75, 3.05) is 0 Å². The molecule has 0 saturated carbocycles. The molecule has 0 heterocycles. The van der Waals surface area contributed by atoms with Crippen molar-refractivity contribution < 1.29 is 0 Å². The SMILES string of the molecule is CCCC([Se])=NCc1ccccc1. The monoisotopic (exact) mass is 240 g/mol. The Kier molecular flexibility index (Phi) is 4.80. The summed E-state index contributed by atoms with van der Waals surface area (Å²) >= 11 is 3.00. The molecule has 0 aromatic heterocycles. The van der Waals surface area contributed by atoms with Gasteiger partial charge < -0.3 is 0 Å². The Morgan fingerprint density at radius 2 is 2.00 bits per heavy atom. The van der Waals surface area contributed by atoms with Gasteiger partial charge in [-0.15, -0.1) is 0 Å². The van der Waals surface area contributed by atoms with E-state index in [2.05, 4.69) is 40.1 Å². The van der Waals surface area contributed by atoms with Gasteiger partial charge in [0.2, 0.25) is 0 Å². The zero-order chi connectivity index (χ0) is 9.52. The van der Waals surface area contributed by atoms with Crippen LogP contribution in [0.25, 0.3) is 0 Å². The molecule has 1 radical (unpaired) electrons. The molecule has 13 heavy (non-hydrogen) atoms. The van der Waals surface area contributed by atoms with E-state index in [-0.39, 0.29) is 0 Å². The average molecular weight is 239 g/mol. The van der Waals surface area contributed by atoms with Crippen LogP contribution in [0.5, 0.6) is 0 Å². The van der Waals surface area contributed by atoms with Crippen LogP contribution in [0.4, 0.5) is 0 Å². The Morgan fingerprint density at radius 1 is 1.31 bits per heavy atom. The fourth-order valence-electron chi connectivity index (χ4n) is 1.06. The first-order valence-electron chi connectivity index (χ1n) is 4.57. The third-order valence-corrected chi connectivity index (χ3v) is 2.44. The number of hydrogen-bond donors (Lipinski definition) is 0. The predicted molar refractivity (Wildman–Crippen MR) is 58.2 cm³/mol. The zero-order valence-corrected chi connectivity index (χ0v) is 9.58. The van der Waals surface area contributed by atoms with E-state index >= 15 is 0 Å². The third kappa shape index (κ3) is 4.25. The van der Waals surface area contributed by atoms with E-state index in [0.29, 0.717) is 0 Å². The topological polar surface area (TPSA) is 12.4 Å². The molecule has 0 aliphatic carbocycles. The molecule has 1 aromatic rings. The van der Waals surface area contributed by atoms with Crippen molar-refractivity contribution in [2.24, 2.45) is 4.99 Å². The molecular formula is C11H14NSe. The van der Waals surface area contributed by atoms with E-state index in [9.17, 15) is 0 Å². The molecule has 0 bridgehead atoms. The molecule has 0 atom stereocenters. The van der Waals surface area contributed by atoms with Gasteiger partial charge in [-0.25, -0.2) is 0 Å². The second-order valence-electron chi connectivity index (χ2n) is 2.95. The standard InChI is InChI=1S/C11H14NSe/c1-2-6-11(13)12-9-10-7-4-3-5-8-10/h3-5,7-8H,2,6,9H2,1H3. The van der Waals surface area contributed by atoms with Crippen LogP contribution in [-0.4, -0.2) is 20.6 Å². The van der Waals surface area contributed by atoms with Gasteiger partial charge in [-0.1, -0.05) is 0 Å². The van der Waals surface area contributed by atoms with E-state index in [0.717, 1.165) is 24.0 Å². The number of aliphatic imine (C=N–C) groups is 1. The Labute approximate surface area is 88.1 Å². The van der Waals surface area contributed by atoms with Crippen molar-refractivity contribution in [3.8, 4) is 0 Å². The maximum atomic E-state index is 4.45. The van der Waals surface area contributed by atoms with E-state index in [4.69, 9.17) is 0 Å². The summed E-state index contributed by atoms with van der Waals surface area (Å²) in [5, 5.41) is 0. The summed E-state index contributed by atoms with van der Waals surface area (Å²) < 4.78 is 1.13. The minimum absolute atomic E-state index is 0.795. The molecule has 0 unspecified atom stereocenters.